The van der Waals surface area contributed by atoms with E-state index in [9.17, 15) is 17.6 Å². The maximum Gasteiger partial charge on any atom is 0.419 e. The highest BCUT2D eigenvalue weighted by atomic mass is 35.5. The van der Waals surface area contributed by atoms with Crippen molar-refractivity contribution < 1.29 is 22.3 Å². The zero-order chi connectivity index (χ0) is 17.3. The lowest BCUT2D eigenvalue weighted by Gasteiger charge is -2.10. The smallest absolute Gasteiger partial charge is 0.419 e. The van der Waals surface area contributed by atoms with E-state index in [0.29, 0.717) is 12.4 Å². The summed E-state index contributed by atoms with van der Waals surface area (Å²) in [5, 5.41) is 3.81. The van der Waals surface area contributed by atoms with E-state index in [-0.39, 0.29) is 22.5 Å². The van der Waals surface area contributed by atoms with Gasteiger partial charge in [-0.2, -0.15) is 18.3 Å². The van der Waals surface area contributed by atoms with E-state index in [1.165, 1.54) is 24.5 Å². The molecule has 0 aliphatic heterocycles. The molecule has 3 rings (SSSR count). The Morgan fingerprint density at radius 3 is 2.42 bits per heavy atom. The van der Waals surface area contributed by atoms with Crippen molar-refractivity contribution in [1.82, 2.24) is 19.7 Å². The van der Waals surface area contributed by atoms with Crippen LogP contribution in [0.2, 0.25) is 5.02 Å². The first-order valence-electron chi connectivity index (χ1n) is 6.41. The molecule has 2 aromatic heterocycles. The molecule has 0 radical (unpaired) electrons. The molecular weight excluding hydrogens is 352 g/mol. The molecule has 0 atom stereocenters. The lowest BCUT2D eigenvalue weighted by atomic mass is 10.2. The van der Waals surface area contributed by atoms with Gasteiger partial charge in [-0.25, -0.2) is 19.0 Å². The van der Waals surface area contributed by atoms with E-state index < -0.39 is 17.6 Å². The average molecular weight is 359 g/mol. The molecular formula is C14H7ClF4N4O. The summed E-state index contributed by atoms with van der Waals surface area (Å²) in [6, 6.07) is 3.61. The highest BCUT2D eigenvalue weighted by Crippen LogP contribution is 2.32. The molecule has 0 spiro atoms. The van der Waals surface area contributed by atoms with E-state index in [1.807, 2.05) is 0 Å². The Labute approximate surface area is 137 Å². The molecule has 0 unspecified atom stereocenters. The molecule has 0 amide bonds. The fourth-order valence-corrected chi connectivity index (χ4v) is 1.94. The third kappa shape index (κ3) is 3.30. The topological polar surface area (TPSA) is 52.8 Å². The van der Waals surface area contributed by atoms with Crippen LogP contribution in [0.5, 0.6) is 11.8 Å². The van der Waals surface area contributed by atoms with Gasteiger partial charge < -0.3 is 4.74 Å². The monoisotopic (exact) mass is 358 g/mol. The van der Waals surface area contributed by atoms with Crippen LogP contribution in [-0.2, 0) is 6.18 Å². The first-order chi connectivity index (χ1) is 11.3. The second kappa shape index (κ2) is 6.08. The van der Waals surface area contributed by atoms with Crippen molar-refractivity contribution in [3.05, 3.63) is 59.4 Å². The van der Waals surface area contributed by atoms with Crippen LogP contribution in [0.15, 0.2) is 43.0 Å². The zero-order valence-corrected chi connectivity index (χ0v) is 12.4. The molecule has 1 aromatic carbocycles. The van der Waals surface area contributed by atoms with Crippen LogP contribution in [0, 0.1) is 5.82 Å². The lowest BCUT2D eigenvalue weighted by molar-refractivity contribution is -0.137. The number of alkyl halides is 3. The number of ether oxygens (including phenoxy) is 1. The van der Waals surface area contributed by atoms with Crippen LogP contribution in [0.3, 0.4) is 0 Å². The van der Waals surface area contributed by atoms with Gasteiger partial charge in [0.1, 0.15) is 5.69 Å². The molecule has 0 aliphatic carbocycles. The Bertz CT molecular complexity index is 864. The Kier molecular flexibility index (Phi) is 4.10. The third-order valence-corrected chi connectivity index (χ3v) is 3.08. The van der Waals surface area contributed by atoms with Crippen molar-refractivity contribution in [3.8, 4) is 17.4 Å². The Morgan fingerprint density at radius 2 is 1.79 bits per heavy atom. The van der Waals surface area contributed by atoms with Gasteiger partial charge in [0.15, 0.2) is 11.6 Å². The highest BCUT2D eigenvalue weighted by Gasteiger charge is 2.32. The van der Waals surface area contributed by atoms with E-state index >= 15 is 0 Å². The summed E-state index contributed by atoms with van der Waals surface area (Å²) in [5.41, 5.74) is -1.31. The maximum atomic E-state index is 14.1. The minimum atomic E-state index is -4.59. The molecule has 0 bridgehead atoms. The van der Waals surface area contributed by atoms with Gasteiger partial charge in [0.2, 0.25) is 0 Å². The maximum absolute atomic E-state index is 14.1. The molecule has 0 N–H and O–H groups in total. The van der Waals surface area contributed by atoms with Gasteiger partial charge in [-0.3, -0.25) is 0 Å². The van der Waals surface area contributed by atoms with E-state index in [4.69, 9.17) is 16.3 Å². The zero-order valence-electron chi connectivity index (χ0n) is 11.6. The molecule has 0 saturated carbocycles. The van der Waals surface area contributed by atoms with Gasteiger partial charge >= 0.3 is 12.2 Å². The van der Waals surface area contributed by atoms with Crippen LogP contribution >= 0.6 is 11.6 Å². The van der Waals surface area contributed by atoms with Crippen molar-refractivity contribution in [2.75, 3.05) is 0 Å². The molecule has 0 fully saturated rings. The van der Waals surface area contributed by atoms with Crippen LogP contribution in [0.25, 0.3) is 5.69 Å². The number of hydrogen-bond acceptors (Lipinski definition) is 4. The number of para-hydroxylation sites is 1. The summed E-state index contributed by atoms with van der Waals surface area (Å²) in [6.07, 6.45) is -0.816. The summed E-state index contributed by atoms with van der Waals surface area (Å²) in [5.74, 6) is -0.924. The highest BCUT2D eigenvalue weighted by molar-refractivity contribution is 6.30. The number of aromatic nitrogens is 4. The van der Waals surface area contributed by atoms with E-state index in [1.54, 1.807) is 0 Å². The quantitative estimate of drug-likeness (QED) is 0.656. The van der Waals surface area contributed by atoms with Crippen LogP contribution in [0.1, 0.15) is 5.56 Å². The number of nitrogens with zero attached hydrogens (tertiary/aromatic N) is 4. The minimum absolute atomic E-state index is 0.103. The fraction of sp³-hybridized carbons (Fsp3) is 0.0714. The lowest BCUT2D eigenvalue weighted by Crippen LogP contribution is -2.04. The molecule has 5 nitrogen and oxygen atoms in total. The average Bonchev–Trinajstić information content (AvgIpc) is 2.99. The van der Waals surface area contributed by atoms with Gasteiger partial charge in [0, 0.05) is 6.20 Å². The van der Waals surface area contributed by atoms with Crippen LogP contribution < -0.4 is 4.74 Å². The first kappa shape index (κ1) is 16.2. The van der Waals surface area contributed by atoms with Crippen molar-refractivity contribution in [3.63, 3.8) is 0 Å². The predicted molar refractivity (Wildman–Crippen MR) is 75.6 cm³/mol. The number of rotatable bonds is 3. The van der Waals surface area contributed by atoms with E-state index in [0.717, 1.165) is 10.7 Å². The van der Waals surface area contributed by atoms with Crippen molar-refractivity contribution in [2.45, 2.75) is 6.18 Å². The predicted octanol–water partition coefficient (Wildman–Crippen LogP) is 4.27. The van der Waals surface area contributed by atoms with E-state index in [2.05, 4.69) is 15.1 Å². The van der Waals surface area contributed by atoms with Crippen molar-refractivity contribution in [2.24, 2.45) is 0 Å². The van der Waals surface area contributed by atoms with Gasteiger partial charge in [0.05, 0.1) is 29.2 Å². The summed E-state index contributed by atoms with van der Waals surface area (Å²) >= 11 is 5.65. The van der Waals surface area contributed by atoms with Crippen LogP contribution in [0.4, 0.5) is 17.6 Å². The molecule has 2 heterocycles. The van der Waals surface area contributed by atoms with Crippen molar-refractivity contribution in [1.29, 1.82) is 0 Å². The summed E-state index contributed by atoms with van der Waals surface area (Å²) in [4.78, 5) is 7.57. The van der Waals surface area contributed by atoms with Gasteiger partial charge in [0.25, 0.3) is 0 Å². The largest absolute Gasteiger partial charge is 0.422 e. The second-order valence-corrected chi connectivity index (χ2v) is 4.98. The summed E-state index contributed by atoms with van der Waals surface area (Å²) in [7, 11) is 0. The Balaban J connectivity index is 2.01. The van der Waals surface area contributed by atoms with Gasteiger partial charge in [-0.1, -0.05) is 17.7 Å². The fourth-order valence-electron chi connectivity index (χ4n) is 1.84. The summed E-state index contributed by atoms with van der Waals surface area (Å²) < 4.78 is 58.3. The van der Waals surface area contributed by atoms with Crippen LogP contribution in [-0.4, -0.2) is 19.7 Å². The molecule has 124 valence electrons. The first-order valence-corrected chi connectivity index (χ1v) is 6.78. The molecule has 0 saturated heterocycles. The SMILES string of the molecule is Fc1cccc(Oc2ncc(Cl)cn2)c1-n1cc(C(F)(F)F)cn1. The van der Waals surface area contributed by atoms with Gasteiger partial charge in [-0.15, -0.1) is 0 Å². The third-order valence-electron chi connectivity index (χ3n) is 2.89. The number of halogens is 5. The molecule has 3 aromatic rings. The van der Waals surface area contributed by atoms with Gasteiger partial charge in [-0.05, 0) is 12.1 Å². The molecule has 24 heavy (non-hydrogen) atoms. The second-order valence-electron chi connectivity index (χ2n) is 4.54. The Hall–Kier alpha value is -2.68. The number of benzene rings is 1. The number of hydrogen-bond donors (Lipinski definition) is 0. The molecule has 10 heteroatoms. The Morgan fingerprint density at radius 1 is 1.08 bits per heavy atom. The standard InChI is InChI=1S/C14H7ClF4N4O/c15-9-5-20-13(21-6-9)24-11-3-1-2-10(16)12(11)23-7-8(4-22-23)14(17,18)19/h1-7H. The van der Waals surface area contributed by atoms with Crippen molar-refractivity contribution >= 4 is 11.6 Å². The molecule has 0 aliphatic rings. The normalized spacial score (nSPS) is 11.5. The summed E-state index contributed by atoms with van der Waals surface area (Å²) in [6.45, 7) is 0. The minimum Gasteiger partial charge on any atom is -0.422 e.